The summed E-state index contributed by atoms with van der Waals surface area (Å²) in [6.07, 6.45) is 0. The molecule has 4 nitrogen and oxygen atoms in total. The van der Waals surface area contributed by atoms with Gasteiger partial charge in [0.15, 0.2) is 6.61 Å². The van der Waals surface area contributed by atoms with E-state index < -0.39 is 0 Å². The van der Waals surface area contributed by atoms with Crippen molar-refractivity contribution in [3.05, 3.63) is 17.2 Å². The second-order valence-corrected chi connectivity index (χ2v) is 3.45. The molecule has 0 fully saturated rings. The first-order chi connectivity index (χ1) is 6.59. The summed E-state index contributed by atoms with van der Waals surface area (Å²) in [7, 11) is 0. The van der Waals surface area contributed by atoms with Gasteiger partial charge < -0.3 is 15.8 Å². The van der Waals surface area contributed by atoms with Crippen molar-refractivity contribution in [1.29, 1.82) is 0 Å². The number of aryl methyl sites for hydroxylation is 1. The number of carbonyl (C=O) groups excluding carboxylic acids is 1. The summed E-state index contributed by atoms with van der Waals surface area (Å²) in [5.41, 5.74) is 8.97. The standard InChI is InChI=1S/C10H12N2O2/c1-5-3-7(11)6(2)9-10(5)14-4-8(13)12-9/h3H,4,11H2,1-2H3,(H,12,13). The minimum Gasteiger partial charge on any atom is -0.481 e. The van der Waals surface area contributed by atoms with Crippen LogP contribution in [0.25, 0.3) is 0 Å². The molecule has 0 unspecified atom stereocenters. The molecule has 0 atom stereocenters. The molecule has 2 rings (SSSR count). The Hall–Kier alpha value is -1.71. The highest BCUT2D eigenvalue weighted by atomic mass is 16.5. The molecule has 0 bridgehead atoms. The number of hydrogen-bond donors (Lipinski definition) is 2. The lowest BCUT2D eigenvalue weighted by Crippen LogP contribution is -2.26. The Morgan fingerprint density at radius 1 is 1.50 bits per heavy atom. The van der Waals surface area contributed by atoms with Gasteiger partial charge in [-0.15, -0.1) is 0 Å². The molecule has 1 aromatic carbocycles. The maximum atomic E-state index is 11.1. The summed E-state index contributed by atoms with van der Waals surface area (Å²) in [6.45, 7) is 3.85. The molecule has 14 heavy (non-hydrogen) atoms. The number of hydrogen-bond acceptors (Lipinski definition) is 3. The Morgan fingerprint density at radius 2 is 2.21 bits per heavy atom. The maximum Gasteiger partial charge on any atom is 0.262 e. The van der Waals surface area contributed by atoms with Crippen molar-refractivity contribution in [2.75, 3.05) is 17.7 Å². The Kier molecular flexibility index (Phi) is 1.84. The Morgan fingerprint density at radius 3 is 2.93 bits per heavy atom. The number of nitrogen functional groups attached to an aromatic ring is 1. The summed E-state index contributed by atoms with van der Waals surface area (Å²) in [4.78, 5) is 11.1. The molecule has 0 aliphatic carbocycles. The van der Waals surface area contributed by atoms with Crippen molar-refractivity contribution in [3.63, 3.8) is 0 Å². The minimum atomic E-state index is -0.134. The van der Waals surface area contributed by atoms with Crippen LogP contribution in [0.1, 0.15) is 11.1 Å². The number of anilines is 2. The predicted molar refractivity (Wildman–Crippen MR) is 54.5 cm³/mol. The van der Waals surface area contributed by atoms with Crippen molar-refractivity contribution in [3.8, 4) is 5.75 Å². The van der Waals surface area contributed by atoms with Gasteiger partial charge >= 0.3 is 0 Å². The fourth-order valence-corrected chi connectivity index (χ4v) is 1.57. The second-order valence-electron chi connectivity index (χ2n) is 3.45. The summed E-state index contributed by atoms with van der Waals surface area (Å²) in [5, 5.41) is 2.77. The fourth-order valence-electron chi connectivity index (χ4n) is 1.57. The molecule has 74 valence electrons. The number of nitrogens with one attached hydrogen (secondary N) is 1. The van der Waals surface area contributed by atoms with Crippen molar-refractivity contribution < 1.29 is 9.53 Å². The van der Waals surface area contributed by atoms with E-state index in [-0.39, 0.29) is 12.5 Å². The summed E-state index contributed by atoms with van der Waals surface area (Å²) in [5.74, 6) is 0.599. The van der Waals surface area contributed by atoms with Gasteiger partial charge in [-0.3, -0.25) is 4.79 Å². The molecule has 0 saturated carbocycles. The van der Waals surface area contributed by atoms with E-state index in [4.69, 9.17) is 10.5 Å². The highest BCUT2D eigenvalue weighted by Crippen LogP contribution is 2.37. The van der Waals surface area contributed by atoms with Crippen LogP contribution in [0.2, 0.25) is 0 Å². The van der Waals surface area contributed by atoms with Crippen LogP contribution in [-0.2, 0) is 4.79 Å². The number of carbonyl (C=O) groups is 1. The molecule has 1 heterocycles. The van der Waals surface area contributed by atoms with Crippen molar-refractivity contribution in [2.24, 2.45) is 0 Å². The van der Waals surface area contributed by atoms with E-state index in [2.05, 4.69) is 5.32 Å². The molecule has 0 radical (unpaired) electrons. The highest BCUT2D eigenvalue weighted by Gasteiger charge is 2.20. The summed E-state index contributed by atoms with van der Waals surface area (Å²) < 4.78 is 5.33. The molecular weight excluding hydrogens is 180 g/mol. The van der Waals surface area contributed by atoms with E-state index in [1.165, 1.54) is 0 Å². The van der Waals surface area contributed by atoms with Crippen LogP contribution in [0.3, 0.4) is 0 Å². The van der Waals surface area contributed by atoms with Gasteiger partial charge in [-0.1, -0.05) is 0 Å². The zero-order valence-electron chi connectivity index (χ0n) is 8.18. The first kappa shape index (κ1) is 8.87. The Balaban J connectivity index is 2.63. The number of ether oxygens (including phenoxy) is 1. The molecule has 1 aliphatic heterocycles. The third-order valence-corrected chi connectivity index (χ3v) is 2.38. The number of amides is 1. The fraction of sp³-hybridized carbons (Fsp3) is 0.300. The molecule has 0 spiro atoms. The van der Waals surface area contributed by atoms with Crippen molar-refractivity contribution >= 4 is 17.3 Å². The lowest BCUT2D eigenvalue weighted by atomic mass is 10.1. The monoisotopic (exact) mass is 192 g/mol. The summed E-state index contributed by atoms with van der Waals surface area (Å²) in [6, 6.07) is 1.85. The van der Waals surface area contributed by atoms with Gasteiger partial charge in [0.05, 0.1) is 5.69 Å². The predicted octanol–water partition coefficient (Wildman–Crippen LogP) is 1.22. The van der Waals surface area contributed by atoms with E-state index in [1.807, 2.05) is 19.9 Å². The van der Waals surface area contributed by atoms with Crippen LogP contribution < -0.4 is 15.8 Å². The first-order valence-corrected chi connectivity index (χ1v) is 4.42. The van der Waals surface area contributed by atoms with Gasteiger partial charge in [-0.05, 0) is 31.0 Å². The summed E-state index contributed by atoms with van der Waals surface area (Å²) >= 11 is 0. The number of benzene rings is 1. The van der Waals surface area contributed by atoms with Gasteiger partial charge in [0.2, 0.25) is 0 Å². The number of rotatable bonds is 0. The molecule has 3 N–H and O–H groups in total. The van der Waals surface area contributed by atoms with Gasteiger partial charge in [0, 0.05) is 5.69 Å². The molecule has 1 amide bonds. The van der Waals surface area contributed by atoms with E-state index >= 15 is 0 Å². The van der Waals surface area contributed by atoms with E-state index in [9.17, 15) is 4.79 Å². The quantitative estimate of drug-likeness (QED) is 0.607. The van der Waals surface area contributed by atoms with Gasteiger partial charge in [-0.25, -0.2) is 0 Å². The highest BCUT2D eigenvalue weighted by molar-refractivity contribution is 5.97. The van der Waals surface area contributed by atoms with Crippen LogP contribution in [0.4, 0.5) is 11.4 Å². The van der Waals surface area contributed by atoms with Crippen molar-refractivity contribution in [1.82, 2.24) is 0 Å². The Labute approximate surface area is 82.1 Å². The van der Waals surface area contributed by atoms with Crippen LogP contribution in [0.15, 0.2) is 6.07 Å². The molecule has 0 saturated heterocycles. The maximum absolute atomic E-state index is 11.1. The largest absolute Gasteiger partial charge is 0.481 e. The zero-order chi connectivity index (χ0) is 10.3. The minimum absolute atomic E-state index is 0.0806. The van der Waals surface area contributed by atoms with Crippen LogP contribution in [0, 0.1) is 13.8 Å². The Bertz CT molecular complexity index is 413. The molecular formula is C10H12N2O2. The smallest absolute Gasteiger partial charge is 0.262 e. The average Bonchev–Trinajstić information content (AvgIpc) is 2.14. The van der Waals surface area contributed by atoms with E-state index in [0.29, 0.717) is 11.4 Å². The van der Waals surface area contributed by atoms with Crippen LogP contribution in [-0.4, -0.2) is 12.5 Å². The lowest BCUT2D eigenvalue weighted by molar-refractivity contribution is -0.118. The topological polar surface area (TPSA) is 64.3 Å². The SMILES string of the molecule is Cc1cc(N)c(C)c2c1OCC(=O)N2. The third kappa shape index (κ3) is 1.19. The molecule has 0 aromatic heterocycles. The van der Waals surface area contributed by atoms with Crippen LogP contribution >= 0.6 is 0 Å². The third-order valence-electron chi connectivity index (χ3n) is 2.38. The molecule has 4 heteroatoms. The number of fused-ring (bicyclic) bond motifs is 1. The van der Waals surface area contributed by atoms with Crippen LogP contribution in [0.5, 0.6) is 5.75 Å². The molecule has 1 aromatic rings. The van der Waals surface area contributed by atoms with Crippen molar-refractivity contribution in [2.45, 2.75) is 13.8 Å². The molecule has 1 aliphatic rings. The van der Waals surface area contributed by atoms with Gasteiger partial charge in [-0.2, -0.15) is 0 Å². The average molecular weight is 192 g/mol. The second kappa shape index (κ2) is 2.90. The normalized spacial score (nSPS) is 14.3. The zero-order valence-corrected chi connectivity index (χ0v) is 8.18. The number of nitrogens with two attached hydrogens (primary N) is 1. The van der Waals surface area contributed by atoms with E-state index in [1.54, 1.807) is 0 Å². The first-order valence-electron chi connectivity index (χ1n) is 4.42. The van der Waals surface area contributed by atoms with Gasteiger partial charge in [0.25, 0.3) is 5.91 Å². The van der Waals surface area contributed by atoms with Gasteiger partial charge in [0.1, 0.15) is 5.75 Å². The lowest BCUT2D eigenvalue weighted by Gasteiger charge is -2.22. The van der Waals surface area contributed by atoms with E-state index in [0.717, 1.165) is 16.9 Å².